The molecule has 0 saturated heterocycles. The lowest BCUT2D eigenvalue weighted by Gasteiger charge is -2.10. The Morgan fingerprint density at radius 2 is 2.29 bits per heavy atom. The van der Waals surface area contributed by atoms with Crippen LogP contribution in [0.25, 0.3) is 0 Å². The molecule has 2 aromatic rings. The number of benzene rings is 1. The predicted molar refractivity (Wildman–Crippen MR) is 84.4 cm³/mol. The highest BCUT2D eigenvalue weighted by Crippen LogP contribution is 2.40. The van der Waals surface area contributed by atoms with E-state index in [0.29, 0.717) is 16.8 Å². The Bertz CT molecular complexity index is 637. The molecule has 1 aliphatic carbocycles. The molecule has 0 bridgehead atoms. The lowest BCUT2D eigenvalue weighted by molar-refractivity contribution is -0.118. The zero-order chi connectivity index (χ0) is 14.5. The molecule has 1 aromatic carbocycles. The first kappa shape index (κ1) is 13.9. The van der Waals surface area contributed by atoms with Gasteiger partial charge in [-0.3, -0.25) is 4.79 Å². The highest BCUT2D eigenvalue weighted by Gasteiger charge is 2.22. The molecule has 0 radical (unpaired) electrons. The summed E-state index contributed by atoms with van der Waals surface area (Å²) in [6, 6.07) is 12.0. The van der Waals surface area contributed by atoms with Crippen molar-refractivity contribution in [3.05, 3.63) is 59.5 Å². The van der Waals surface area contributed by atoms with Gasteiger partial charge in [-0.05, 0) is 36.1 Å². The minimum atomic E-state index is -0.0906. The van der Waals surface area contributed by atoms with Gasteiger partial charge in [0.25, 0.3) is 0 Å². The van der Waals surface area contributed by atoms with Crippen LogP contribution in [0.5, 0.6) is 0 Å². The maximum absolute atomic E-state index is 11.8. The number of hydrogen-bond acceptors (Lipinski definition) is 4. The molecule has 1 aromatic heterocycles. The minimum absolute atomic E-state index is 0.0906. The van der Waals surface area contributed by atoms with E-state index in [1.54, 1.807) is 30.2 Å². The first-order chi connectivity index (χ1) is 10.3. The quantitative estimate of drug-likeness (QED) is 0.681. The molecule has 1 atom stereocenters. The molecular formula is C16H16N2O2S. The number of hydrazone groups is 1. The molecule has 3 rings (SSSR count). The molecule has 1 heterocycles. The van der Waals surface area contributed by atoms with Gasteiger partial charge in [0.2, 0.25) is 5.91 Å². The lowest BCUT2D eigenvalue weighted by atomic mass is 10.1. The van der Waals surface area contributed by atoms with E-state index in [4.69, 9.17) is 4.42 Å². The van der Waals surface area contributed by atoms with Gasteiger partial charge in [0.05, 0.1) is 18.2 Å². The molecule has 0 fully saturated rings. The Kier molecular flexibility index (Phi) is 4.40. The third kappa shape index (κ3) is 3.55. The van der Waals surface area contributed by atoms with Gasteiger partial charge in [0.1, 0.15) is 5.76 Å². The van der Waals surface area contributed by atoms with Crippen molar-refractivity contribution in [3.63, 3.8) is 0 Å². The van der Waals surface area contributed by atoms with Crippen LogP contribution in [-0.4, -0.2) is 17.9 Å². The van der Waals surface area contributed by atoms with E-state index in [1.165, 1.54) is 17.3 Å². The number of aryl methyl sites for hydroxylation is 1. The van der Waals surface area contributed by atoms with Gasteiger partial charge in [-0.2, -0.15) is 5.10 Å². The summed E-state index contributed by atoms with van der Waals surface area (Å²) in [4.78, 5) is 11.8. The SMILES string of the molecule is O=C(CS[C@@H]1CCc2ccccc21)N/N=C/c1ccco1. The molecule has 0 unspecified atom stereocenters. The van der Waals surface area contributed by atoms with E-state index >= 15 is 0 Å². The van der Waals surface area contributed by atoms with Crippen LogP contribution in [0.4, 0.5) is 0 Å². The van der Waals surface area contributed by atoms with E-state index in [9.17, 15) is 4.79 Å². The Labute approximate surface area is 127 Å². The summed E-state index contributed by atoms with van der Waals surface area (Å²) in [6.45, 7) is 0. The number of nitrogens with zero attached hydrogens (tertiary/aromatic N) is 1. The summed E-state index contributed by atoms with van der Waals surface area (Å²) in [5.41, 5.74) is 5.30. The van der Waals surface area contributed by atoms with Crippen molar-refractivity contribution in [2.45, 2.75) is 18.1 Å². The number of furan rings is 1. The second-order valence-corrected chi connectivity index (χ2v) is 6.04. The molecule has 1 amide bonds. The van der Waals surface area contributed by atoms with Gasteiger partial charge in [-0.15, -0.1) is 11.8 Å². The van der Waals surface area contributed by atoms with Gasteiger partial charge >= 0.3 is 0 Å². The maximum Gasteiger partial charge on any atom is 0.250 e. The van der Waals surface area contributed by atoms with Crippen LogP contribution in [0.2, 0.25) is 0 Å². The summed E-state index contributed by atoms with van der Waals surface area (Å²) in [5, 5.41) is 4.29. The second-order valence-electron chi connectivity index (χ2n) is 4.85. The molecule has 108 valence electrons. The Hall–Kier alpha value is -2.01. The Morgan fingerprint density at radius 3 is 3.14 bits per heavy atom. The van der Waals surface area contributed by atoms with Crippen molar-refractivity contribution in [2.75, 3.05) is 5.75 Å². The number of carbonyl (C=O) groups excluding carboxylic acids is 1. The van der Waals surface area contributed by atoms with Gasteiger partial charge in [-0.1, -0.05) is 24.3 Å². The molecule has 0 spiro atoms. The van der Waals surface area contributed by atoms with Crippen LogP contribution in [0.3, 0.4) is 0 Å². The minimum Gasteiger partial charge on any atom is -0.463 e. The molecule has 5 heteroatoms. The normalized spacial score (nSPS) is 17.0. The van der Waals surface area contributed by atoms with Crippen LogP contribution in [0.15, 0.2) is 52.2 Å². The van der Waals surface area contributed by atoms with Crippen LogP contribution in [-0.2, 0) is 11.2 Å². The number of rotatable bonds is 5. The largest absolute Gasteiger partial charge is 0.463 e. The number of carbonyl (C=O) groups is 1. The standard InChI is InChI=1S/C16H16N2O2S/c19-16(18-17-10-13-5-3-9-20-13)11-21-15-8-7-12-4-1-2-6-14(12)15/h1-6,9-10,15H,7-8,11H2,(H,18,19)/b17-10+/t15-/m1/s1. The van der Waals surface area contributed by atoms with E-state index in [1.807, 2.05) is 0 Å². The highest BCUT2D eigenvalue weighted by atomic mass is 32.2. The molecule has 1 N–H and O–H groups in total. The molecular weight excluding hydrogens is 284 g/mol. The van der Waals surface area contributed by atoms with Crippen LogP contribution < -0.4 is 5.43 Å². The van der Waals surface area contributed by atoms with Gasteiger partial charge in [-0.25, -0.2) is 5.43 Å². The van der Waals surface area contributed by atoms with Crippen LogP contribution in [0, 0.1) is 0 Å². The summed E-state index contributed by atoms with van der Waals surface area (Å²) in [5.74, 6) is 0.939. The molecule has 1 aliphatic rings. The number of nitrogens with one attached hydrogen (secondary N) is 1. The lowest BCUT2D eigenvalue weighted by Crippen LogP contribution is -2.20. The third-order valence-corrected chi connectivity index (χ3v) is 4.74. The van der Waals surface area contributed by atoms with Crippen molar-refractivity contribution < 1.29 is 9.21 Å². The van der Waals surface area contributed by atoms with Crippen molar-refractivity contribution in [1.82, 2.24) is 5.43 Å². The molecule has 4 nitrogen and oxygen atoms in total. The van der Waals surface area contributed by atoms with Gasteiger partial charge in [0.15, 0.2) is 0 Å². The fourth-order valence-electron chi connectivity index (χ4n) is 2.43. The van der Waals surface area contributed by atoms with Crippen molar-refractivity contribution >= 4 is 23.9 Å². The fourth-order valence-corrected chi connectivity index (χ4v) is 3.54. The number of thioether (sulfide) groups is 1. The van der Waals surface area contributed by atoms with Crippen molar-refractivity contribution in [3.8, 4) is 0 Å². The number of hydrogen-bond donors (Lipinski definition) is 1. The van der Waals surface area contributed by atoms with Crippen LogP contribution >= 0.6 is 11.8 Å². The zero-order valence-corrected chi connectivity index (χ0v) is 12.3. The first-order valence-corrected chi connectivity index (χ1v) is 7.92. The Morgan fingerprint density at radius 1 is 1.38 bits per heavy atom. The third-order valence-electron chi connectivity index (χ3n) is 3.42. The maximum atomic E-state index is 11.8. The average Bonchev–Trinajstić information content (AvgIpc) is 3.14. The predicted octanol–water partition coefficient (Wildman–Crippen LogP) is 3.15. The van der Waals surface area contributed by atoms with Crippen molar-refractivity contribution in [2.24, 2.45) is 5.10 Å². The van der Waals surface area contributed by atoms with Crippen molar-refractivity contribution in [1.29, 1.82) is 0 Å². The van der Waals surface area contributed by atoms with E-state index in [2.05, 4.69) is 34.8 Å². The van der Waals surface area contributed by atoms with Crippen LogP contribution in [0.1, 0.15) is 28.6 Å². The Balaban J connectivity index is 1.46. The molecule has 21 heavy (non-hydrogen) atoms. The van der Waals surface area contributed by atoms with E-state index < -0.39 is 0 Å². The monoisotopic (exact) mass is 300 g/mol. The van der Waals surface area contributed by atoms with E-state index in [-0.39, 0.29) is 5.91 Å². The first-order valence-electron chi connectivity index (χ1n) is 6.88. The summed E-state index contributed by atoms with van der Waals surface area (Å²) < 4.78 is 5.09. The zero-order valence-electron chi connectivity index (χ0n) is 11.5. The number of fused-ring (bicyclic) bond motifs is 1. The highest BCUT2D eigenvalue weighted by molar-refractivity contribution is 8.00. The topological polar surface area (TPSA) is 54.6 Å². The molecule has 0 saturated carbocycles. The fraction of sp³-hybridized carbons (Fsp3) is 0.250. The average molecular weight is 300 g/mol. The number of amides is 1. The van der Waals surface area contributed by atoms with Gasteiger partial charge in [0, 0.05) is 5.25 Å². The smallest absolute Gasteiger partial charge is 0.250 e. The summed E-state index contributed by atoms with van der Waals surface area (Å²) in [6.07, 6.45) is 5.27. The summed E-state index contributed by atoms with van der Waals surface area (Å²) in [7, 11) is 0. The second kappa shape index (κ2) is 6.63. The van der Waals surface area contributed by atoms with Gasteiger partial charge < -0.3 is 4.42 Å². The van der Waals surface area contributed by atoms with E-state index in [0.717, 1.165) is 12.8 Å². The summed E-state index contributed by atoms with van der Waals surface area (Å²) >= 11 is 1.67. The molecule has 0 aliphatic heterocycles.